The summed E-state index contributed by atoms with van der Waals surface area (Å²) in [6.07, 6.45) is 3.29. The van der Waals surface area contributed by atoms with Crippen LogP contribution in [-0.4, -0.2) is 36.7 Å². The molecule has 1 saturated heterocycles. The number of benzene rings is 1. The predicted octanol–water partition coefficient (Wildman–Crippen LogP) is 4.91. The van der Waals surface area contributed by atoms with Crippen LogP contribution in [0.25, 0.3) is 0 Å². The van der Waals surface area contributed by atoms with E-state index >= 15 is 0 Å². The van der Waals surface area contributed by atoms with Gasteiger partial charge in [0.25, 0.3) is 0 Å². The van der Waals surface area contributed by atoms with Crippen LogP contribution in [0, 0.1) is 17.8 Å². The maximum absolute atomic E-state index is 12.2. The van der Waals surface area contributed by atoms with Gasteiger partial charge in [-0.3, -0.25) is 4.79 Å². The largest absolute Gasteiger partial charge is 0.497 e. The molecule has 0 aliphatic carbocycles. The van der Waals surface area contributed by atoms with E-state index in [1.807, 2.05) is 29.2 Å². The lowest BCUT2D eigenvalue weighted by Gasteiger charge is -2.41. The van der Waals surface area contributed by atoms with E-state index in [1.165, 1.54) is 0 Å². The number of hydrogen-bond donors (Lipinski definition) is 0. The third-order valence-corrected chi connectivity index (χ3v) is 5.91. The van der Waals surface area contributed by atoms with Gasteiger partial charge in [0, 0.05) is 26.6 Å². The summed E-state index contributed by atoms with van der Waals surface area (Å²) in [7, 11) is 1.67. The van der Waals surface area contributed by atoms with Gasteiger partial charge in [-0.15, -0.1) is 0 Å². The Morgan fingerprint density at radius 1 is 1.30 bits per heavy atom. The number of ether oxygens (including phenoxy) is 2. The van der Waals surface area contributed by atoms with Gasteiger partial charge in [0.1, 0.15) is 5.75 Å². The molecule has 1 amide bonds. The minimum atomic E-state index is -0.0284. The number of amides is 1. The van der Waals surface area contributed by atoms with Gasteiger partial charge < -0.3 is 14.4 Å². The fraction of sp³-hybridized carbons (Fsp3) is 0.696. The lowest BCUT2D eigenvalue weighted by Crippen LogP contribution is -2.39. The van der Waals surface area contributed by atoms with Crippen LogP contribution in [0.3, 0.4) is 0 Å². The highest BCUT2D eigenvalue weighted by molar-refractivity contribution is 5.73. The molecule has 0 unspecified atom stereocenters. The highest BCUT2D eigenvalue weighted by Crippen LogP contribution is 2.38. The summed E-state index contributed by atoms with van der Waals surface area (Å²) in [6.45, 7) is 13.0. The quantitative estimate of drug-likeness (QED) is 0.648. The van der Waals surface area contributed by atoms with Crippen LogP contribution in [0.4, 0.5) is 0 Å². The number of methoxy groups -OCH3 is 1. The number of nitrogens with zero attached hydrogens (tertiary/aromatic N) is 1. The summed E-state index contributed by atoms with van der Waals surface area (Å²) < 4.78 is 11.1. The molecular weight excluding hydrogens is 338 g/mol. The molecule has 152 valence electrons. The normalized spacial score (nSPS) is 20.3. The third-order valence-electron chi connectivity index (χ3n) is 5.91. The molecule has 1 aliphatic heterocycles. The molecule has 0 aromatic heterocycles. The average molecular weight is 376 g/mol. The van der Waals surface area contributed by atoms with Crippen molar-refractivity contribution in [3.8, 4) is 5.75 Å². The van der Waals surface area contributed by atoms with Crippen LogP contribution in [0.2, 0.25) is 0 Å². The molecule has 0 radical (unpaired) electrons. The first-order valence-corrected chi connectivity index (χ1v) is 10.2. The molecule has 1 heterocycles. The minimum Gasteiger partial charge on any atom is -0.497 e. The highest BCUT2D eigenvalue weighted by atomic mass is 16.5. The Bertz CT molecular complexity index is 594. The van der Waals surface area contributed by atoms with Gasteiger partial charge in [0.15, 0.2) is 0 Å². The van der Waals surface area contributed by atoms with Crippen LogP contribution in [0.1, 0.15) is 59.4 Å². The molecule has 1 aliphatic rings. The lowest BCUT2D eigenvalue weighted by atomic mass is 9.73. The molecule has 1 fully saturated rings. The van der Waals surface area contributed by atoms with E-state index in [9.17, 15) is 4.79 Å². The first-order valence-electron chi connectivity index (χ1n) is 10.2. The van der Waals surface area contributed by atoms with E-state index in [2.05, 4.69) is 27.7 Å². The van der Waals surface area contributed by atoms with Gasteiger partial charge in [-0.2, -0.15) is 0 Å². The first kappa shape index (κ1) is 21.7. The van der Waals surface area contributed by atoms with E-state index in [4.69, 9.17) is 9.47 Å². The number of carbonyl (C=O) groups excluding carboxylic acids is 1. The fourth-order valence-electron chi connectivity index (χ4n) is 4.36. The summed E-state index contributed by atoms with van der Waals surface area (Å²) in [6, 6.07) is 7.98. The van der Waals surface area contributed by atoms with Gasteiger partial charge >= 0.3 is 0 Å². The minimum absolute atomic E-state index is 0.0284. The molecule has 0 saturated carbocycles. The van der Waals surface area contributed by atoms with Crippen molar-refractivity contribution < 1.29 is 14.3 Å². The van der Waals surface area contributed by atoms with E-state index in [0.717, 1.165) is 43.7 Å². The Hall–Kier alpha value is -1.55. The Kier molecular flexibility index (Phi) is 7.72. The molecule has 0 bridgehead atoms. The lowest BCUT2D eigenvalue weighted by molar-refractivity contribution is -0.130. The summed E-state index contributed by atoms with van der Waals surface area (Å²) >= 11 is 0. The number of rotatable bonds is 8. The molecule has 4 nitrogen and oxygen atoms in total. The van der Waals surface area contributed by atoms with E-state index in [1.54, 1.807) is 14.0 Å². The second kappa shape index (κ2) is 9.59. The smallest absolute Gasteiger partial charge is 0.219 e. The zero-order valence-corrected chi connectivity index (χ0v) is 18.0. The van der Waals surface area contributed by atoms with Crippen LogP contribution < -0.4 is 4.74 Å². The van der Waals surface area contributed by atoms with Crippen LogP contribution >= 0.6 is 0 Å². The van der Waals surface area contributed by atoms with Gasteiger partial charge in [-0.05, 0) is 68.6 Å². The molecule has 2 atom stereocenters. The zero-order valence-electron chi connectivity index (χ0n) is 18.0. The van der Waals surface area contributed by atoms with Gasteiger partial charge in [0.05, 0.1) is 12.7 Å². The van der Waals surface area contributed by atoms with E-state index in [0.29, 0.717) is 24.3 Å². The van der Waals surface area contributed by atoms with Crippen molar-refractivity contribution >= 4 is 5.91 Å². The molecule has 2 rings (SSSR count). The van der Waals surface area contributed by atoms with Gasteiger partial charge in [0.2, 0.25) is 5.91 Å². The van der Waals surface area contributed by atoms with Crippen molar-refractivity contribution in [1.29, 1.82) is 0 Å². The fourth-order valence-corrected chi connectivity index (χ4v) is 4.36. The van der Waals surface area contributed by atoms with Crippen LogP contribution in [-0.2, 0) is 16.1 Å². The van der Waals surface area contributed by atoms with Crippen molar-refractivity contribution in [3.63, 3.8) is 0 Å². The summed E-state index contributed by atoms with van der Waals surface area (Å²) in [5.41, 5.74) is 1.11. The molecule has 1 aromatic rings. The topological polar surface area (TPSA) is 38.8 Å². The van der Waals surface area contributed by atoms with Crippen molar-refractivity contribution in [1.82, 2.24) is 4.90 Å². The maximum Gasteiger partial charge on any atom is 0.219 e. The Morgan fingerprint density at radius 3 is 2.48 bits per heavy atom. The predicted molar refractivity (Wildman–Crippen MR) is 110 cm³/mol. The number of hydrogen-bond acceptors (Lipinski definition) is 3. The van der Waals surface area contributed by atoms with Crippen molar-refractivity contribution in [2.45, 2.75) is 66.0 Å². The molecule has 0 spiro atoms. The first-order chi connectivity index (χ1) is 12.7. The maximum atomic E-state index is 12.2. The Morgan fingerprint density at radius 2 is 1.96 bits per heavy atom. The Balaban J connectivity index is 2.00. The second-order valence-electron chi connectivity index (χ2n) is 8.85. The molecule has 27 heavy (non-hydrogen) atoms. The summed E-state index contributed by atoms with van der Waals surface area (Å²) in [5.74, 6) is 2.88. The standard InChI is InChI=1S/C23H37NO3/c1-17(2)22(20-12-14-27-23(4,5)15-20)11-13-24(18(3)25)16-19-7-9-21(26-6)10-8-19/h7-10,17,20,22H,11-16H2,1-6H3/t20-,22+/m1/s1. The molecule has 1 aromatic carbocycles. The van der Waals surface area contributed by atoms with E-state index < -0.39 is 0 Å². The van der Waals surface area contributed by atoms with Crippen molar-refractivity contribution in [3.05, 3.63) is 29.8 Å². The number of carbonyl (C=O) groups is 1. The third kappa shape index (κ3) is 6.53. The molecular formula is C23H37NO3. The summed E-state index contributed by atoms with van der Waals surface area (Å²) in [4.78, 5) is 14.2. The van der Waals surface area contributed by atoms with Gasteiger partial charge in [-0.25, -0.2) is 0 Å². The van der Waals surface area contributed by atoms with Crippen molar-refractivity contribution in [2.24, 2.45) is 17.8 Å². The SMILES string of the molecule is COc1ccc(CN(CC[C@@H](C(C)C)[C@@H]2CCOC(C)(C)C2)C(C)=O)cc1. The molecule has 0 N–H and O–H groups in total. The zero-order chi connectivity index (χ0) is 20.0. The second-order valence-corrected chi connectivity index (χ2v) is 8.85. The Labute approximate surface area is 165 Å². The average Bonchev–Trinajstić information content (AvgIpc) is 2.60. The highest BCUT2D eigenvalue weighted by Gasteiger charge is 2.34. The van der Waals surface area contributed by atoms with Crippen molar-refractivity contribution in [2.75, 3.05) is 20.3 Å². The van der Waals surface area contributed by atoms with Gasteiger partial charge in [-0.1, -0.05) is 26.0 Å². The summed E-state index contributed by atoms with van der Waals surface area (Å²) in [5, 5.41) is 0. The van der Waals surface area contributed by atoms with E-state index in [-0.39, 0.29) is 11.5 Å². The monoisotopic (exact) mass is 375 g/mol. The van der Waals surface area contributed by atoms with Crippen LogP contribution in [0.15, 0.2) is 24.3 Å². The molecule has 4 heteroatoms. The van der Waals surface area contributed by atoms with Crippen LogP contribution in [0.5, 0.6) is 5.75 Å².